The van der Waals surface area contributed by atoms with Gasteiger partial charge in [0.25, 0.3) is 5.91 Å². The molecule has 0 spiro atoms. The minimum atomic E-state index is -1.20. The van der Waals surface area contributed by atoms with Crippen LogP contribution < -0.4 is 4.74 Å². The third kappa shape index (κ3) is 9.24. The first-order valence-corrected chi connectivity index (χ1v) is 11.2. The number of carbonyl (C=O) groups excluding carboxylic acids is 2. The van der Waals surface area contributed by atoms with Crippen LogP contribution in [0.3, 0.4) is 0 Å². The average Bonchev–Trinajstić information content (AvgIpc) is 2.80. The Morgan fingerprint density at radius 3 is 2.42 bits per heavy atom. The minimum absolute atomic E-state index is 0.0603. The Hall–Kier alpha value is -2.27. The van der Waals surface area contributed by atoms with E-state index in [1.807, 2.05) is 0 Å². The van der Waals surface area contributed by atoms with Crippen LogP contribution in [-0.4, -0.2) is 103 Å². The molecule has 0 unspecified atom stereocenters. The van der Waals surface area contributed by atoms with Crippen molar-refractivity contribution in [3.63, 3.8) is 0 Å². The number of amides is 2. The number of aliphatic hydroxyl groups is 2. The third-order valence-corrected chi connectivity index (χ3v) is 5.56. The van der Waals surface area contributed by atoms with Crippen molar-refractivity contribution in [3.8, 4) is 5.75 Å². The monoisotopic (exact) mass is 470 g/mol. The van der Waals surface area contributed by atoms with Gasteiger partial charge in [0.1, 0.15) is 29.9 Å². The molecule has 1 aliphatic heterocycles. The molecule has 2 rings (SSSR count). The second-order valence-electron chi connectivity index (χ2n) is 8.06. The van der Waals surface area contributed by atoms with Crippen molar-refractivity contribution < 1.29 is 38.4 Å². The number of halogens is 1. The maximum atomic E-state index is 13.0. The van der Waals surface area contributed by atoms with Crippen molar-refractivity contribution >= 4 is 11.8 Å². The average molecular weight is 471 g/mol. The summed E-state index contributed by atoms with van der Waals surface area (Å²) >= 11 is 0. The first-order chi connectivity index (χ1) is 15.8. The van der Waals surface area contributed by atoms with Crippen LogP contribution in [0, 0.1) is 5.82 Å². The maximum absolute atomic E-state index is 13.0. The summed E-state index contributed by atoms with van der Waals surface area (Å²) in [7, 11) is 1.41. The number of ether oxygens (including phenoxy) is 3. The van der Waals surface area contributed by atoms with Crippen molar-refractivity contribution in [1.29, 1.82) is 0 Å². The Labute approximate surface area is 194 Å². The second kappa shape index (κ2) is 14.1. The van der Waals surface area contributed by atoms with E-state index in [0.717, 1.165) is 0 Å². The van der Waals surface area contributed by atoms with E-state index in [4.69, 9.17) is 14.2 Å². The van der Waals surface area contributed by atoms with Gasteiger partial charge in [-0.1, -0.05) is 0 Å². The second-order valence-corrected chi connectivity index (χ2v) is 8.06. The van der Waals surface area contributed by atoms with Gasteiger partial charge < -0.3 is 34.2 Å². The third-order valence-electron chi connectivity index (χ3n) is 5.56. The standard InChI is InChI=1S/C23H35FN2O7/c1-17(27)26-12-5-11-25(22(29)16-33-19-8-6-18(24)7-9-19)10-3-4-13-32-15-20(28)23(30)21(14-26)31-2/h6-9,20-21,23,28,30H,3-5,10-16H2,1-2H3/t20-,21-,23-/m0/s1. The summed E-state index contributed by atoms with van der Waals surface area (Å²) < 4.78 is 29.3. The molecule has 0 aliphatic carbocycles. The Balaban J connectivity index is 2.02. The lowest BCUT2D eigenvalue weighted by Gasteiger charge is -2.31. The molecule has 1 fully saturated rings. The lowest BCUT2D eigenvalue weighted by Crippen LogP contribution is -2.48. The Morgan fingerprint density at radius 2 is 1.76 bits per heavy atom. The molecule has 0 aromatic heterocycles. The van der Waals surface area contributed by atoms with Crippen molar-refractivity contribution in [3.05, 3.63) is 30.1 Å². The van der Waals surface area contributed by atoms with Gasteiger partial charge in [-0.15, -0.1) is 0 Å². The Bertz CT molecular complexity index is 734. The number of nitrogens with zero attached hydrogens (tertiary/aromatic N) is 2. The first-order valence-electron chi connectivity index (χ1n) is 11.2. The highest BCUT2D eigenvalue weighted by Crippen LogP contribution is 2.13. The van der Waals surface area contributed by atoms with Crippen LogP contribution in [0.4, 0.5) is 4.39 Å². The van der Waals surface area contributed by atoms with Crippen LogP contribution in [0.25, 0.3) is 0 Å². The quantitative estimate of drug-likeness (QED) is 0.671. The largest absolute Gasteiger partial charge is 0.484 e. The zero-order valence-corrected chi connectivity index (χ0v) is 19.3. The molecule has 0 saturated carbocycles. The van der Waals surface area contributed by atoms with E-state index in [-0.39, 0.29) is 37.4 Å². The lowest BCUT2D eigenvalue weighted by atomic mass is 10.1. The minimum Gasteiger partial charge on any atom is -0.484 e. The normalized spacial score (nSPS) is 24.0. The molecule has 1 aromatic rings. The van der Waals surface area contributed by atoms with E-state index < -0.39 is 18.3 Å². The first kappa shape index (κ1) is 27.0. The van der Waals surface area contributed by atoms with Crippen LogP contribution in [0.15, 0.2) is 24.3 Å². The fraction of sp³-hybridized carbons (Fsp3) is 0.652. The van der Waals surface area contributed by atoms with Gasteiger partial charge in [0.2, 0.25) is 5.91 Å². The molecule has 2 N–H and O–H groups in total. The molecule has 0 bridgehead atoms. The summed E-state index contributed by atoms with van der Waals surface area (Å²) in [5.41, 5.74) is 0. The fourth-order valence-electron chi connectivity index (χ4n) is 3.55. The van der Waals surface area contributed by atoms with Crippen LogP contribution >= 0.6 is 0 Å². The summed E-state index contributed by atoms with van der Waals surface area (Å²) in [4.78, 5) is 28.1. The van der Waals surface area contributed by atoms with Gasteiger partial charge in [0.15, 0.2) is 6.61 Å². The molecule has 0 radical (unpaired) electrons. The van der Waals surface area contributed by atoms with Gasteiger partial charge in [-0.25, -0.2) is 4.39 Å². The van der Waals surface area contributed by atoms with Gasteiger partial charge in [-0.3, -0.25) is 9.59 Å². The van der Waals surface area contributed by atoms with Crippen molar-refractivity contribution in [1.82, 2.24) is 9.80 Å². The van der Waals surface area contributed by atoms with E-state index >= 15 is 0 Å². The number of carbonyl (C=O) groups is 2. The van der Waals surface area contributed by atoms with E-state index in [2.05, 4.69) is 0 Å². The predicted octanol–water partition coefficient (Wildman–Crippen LogP) is 0.819. The SMILES string of the molecule is CO[C@H]1CN(C(C)=O)CCCN(C(=O)COc2ccc(F)cc2)CCCCOC[C@H](O)[C@@H]1O. The highest BCUT2D eigenvalue weighted by molar-refractivity contribution is 5.77. The summed E-state index contributed by atoms with van der Waals surface area (Å²) in [6, 6.07) is 5.46. The molecular weight excluding hydrogens is 435 g/mol. The predicted molar refractivity (Wildman–Crippen MR) is 118 cm³/mol. The summed E-state index contributed by atoms with van der Waals surface area (Å²) in [6.07, 6.45) is -1.26. The molecule has 9 nitrogen and oxygen atoms in total. The molecule has 10 heteroatoms. The van der Waals surface area contributed by atoms with Gasteiger partial charge in [-0.05, 0) is 43.5 Å². The van der Waals surface area contributed by atoms with Crippen LogP contribution in [0.5, 0.6) is 5.75 Å². The van der Waals surface area contributed by atoms with Gasteiger partial charge in [0.05, 0.1) is 6.61 Å². The molecule has 3 atom stereocenters. The van der Waals surface area contributed by atoms with Gasteiger partial charge in [-0.2, -0.15) is 0 Å². The summed E-state index contributed by atoms with van der Waals surface area (Å²) in [5.74, 6) is -0.384. The zero-order chi connectivity index (χ0) is 24.2. The zero-order valence-electron chi connectivity index (χ0n) is 19.3. The highest BCUT2D eigenvalue weighted by Gasteiger charge is 2.29. The number of rotatable bonds is 4. The fourth-order valence-corrected chi connectivity index (χ4v) is 3.55. The number of methoxy groups -OCH3 is 1. The van der Waals surface area contributed by atoms with E-state index in [0.29, 0.717) is 51.3 Å². The Morgan fingerprint density at radius 1 is 1.09 bits per heavy atom. The number of hydrogen-bond donors (Lipinski definition) is 2. The van der Waals surface area contributed by atoms with Crippen molar-refractivity contribution in [2.45, 2.75) is 44.5 Å². The molecule has 1 heterocycles. The molecule has 1 aromatic carbocycles. The smallest absolute Gasteiger partial charge is 0.260 e. The van der Waals surface area contributed by atoms with Crippen molar-refractivity contribution in [2.24, 2.45) is 0 Å². The molecule has 2 amide bonds. The number of benzene rings is 1. The van der Waals surface area contributed by atoms with E-state index in [9.17, 15) is 24.2 Å². The molecule has 33 heavy (non-hydrogen) atoms. The highest BCUT2D eigenvalue weighted by atomic mass is 19.1. The van der Waals surface area contributed by atoms with E-state index in [1.54, 1.807) is 4.90 Å². The van der Waals surface area contributed by atoms with E-state index in [1.165, 1.54) is 43.2 Å². The van der Waals surface area contributed by atoms with Gasteiger partial charge >= 0.3 is 0 Å². The Kier molecular flexibility index (Phi) is 11.5. The topological polar surface area (TPSA) is 109 Å². The lowest BCUT2D eigenvalue weighted by molar-refractivity contribution is -0.136. The van der Waals surface area contributed by atoms with Crippen LogP contribution in [0.2, 0.25) is 0 Å². The van der Waals surface area contributed by atoms with Crippen molar-refractivity contribution in [2.75, 3.05) is 53.1 Å². The molecular formula is C23H35FN2O7. The maximum Gasteiger partial charge on any atom is 0.260 e. The molecule has 1 aliphatic rings. The molecule has 186 valence electrons. The number of aliphatic hydroxyl groups excluding tert-OH is 2. The van der Waals surface area contributed by atoms with Crippen LogP contribution in [0.1, 0.15) is 26.2 Å². The summed E-state index contributed by atoms with van der Waals surface area (Å²) in [6.45, 7) is 2.92. The van der Waals surface area contributed by atoms with Gasteiger partial charge in [0, 0.05) is 46.8 Å². The summed E-state index contributed by atoms with van der Waals surface area (Å²) in [5, 5.41) is 20.6. The van der Waals surface area contributed by atoms with Crippen LogP contribution in [-0.2, 0) is 19.1 Å². The number of hydrogen-bond acceptors (Lipinski definition) is 7. The molecule has 1 saturated heterocycles.